The fraction of sp³-hybridized carbons (Fsp3) is 0.556. The van der Waals surface area contributed by atoms with E-state index in [9.17, 15) is 0 Å². The third-order valence-electron chi connectivity index (χ3n) is 1.61. The van der Waals surface area contributed by atoms with Crippen LogP contribution < -0.4 is 0 Å². The van der Waals surface area contributed by atoms with Crippen LogP contribution in [0, 0.1) is 0 Å². The van der Waals surface area contributed by atoms with Gasteiger partial charge in [-0.05, 0) is 20.0 Å². The molecule has 0 saturated carbocycles. The zero-order valence-corrected chi connectivity index (χ0v) is 8.01. The molecule has 4 heteroatoms. The van der Waals surface area contributed by atoms with Crippen LogP contribution in [0.4, 0.5) is 0 Å². The highest BCUT2D eigenvalue weighted by atomic mass is 16.3. The molecular weight excluding hydrogens is 166 g/mol. The Labute approximate surface area is 78.2 Å². The molecule has 0 radical (unpaired) electrons. The lowest BCUT2D eigenvalue weighted by molar-refractivity contribution is 0.137. The number of aliphatic hydroxyl groups excluding tert-OH is 1. The molecule has 0 aliphatic carbocycles. The van der Waals surface area contributed by atoms with Crippen LogP contribution in [0.25, 0.3) is 0 Å². The largest absolute Gasteiger partial charge is 0.392 e. The van der Waals surface area contributed by atoms with Gasteiger partial charge >= 0.3 is 0 Å². The molecule has 1 aromatic heterocycles. The minimum absolute atomic E-state index is 0.311. The molecule has 13 heavy (non-hydrogen) atoms. The summed E-state index contributed by atoms with van der Waals surface area (Å²) >= 11 is 0. The topological polar surface area (TPSA) is 49.2 Å². The zero-order chi connectivity index (χ0) is 9.68. The van der Waals surface area contributed by atoms with Gasteiger partial charge < -0.3 is 5.11 Å². The average molecular weight is 181 g/mol. The molecule has 0 spiro atoms. The first-order valence-corrected chi connectivity index (χ1v) is 4.31. The van der Waals surface area contributed by atoms with Crippen LogP contribution in [0.3, 0.4) is 0 Å². The summed E-state index contributed by atoms with van der Waals surface area (Å²) in [6.07, 6.45) is 3.13. The van der Waals surface area contributed by atoms with Crippen LogP contribution in [0.15, 0.2) is 18.5 Å². The van der Waals surface area contributed by atoms with E-state index < -0.39 is 0 Å². The van der Waals surface area contributed by atoms with Gasteiger partial charge in [0.05, 0.1) is 12.6 Å². The van der Waals surface area contributed by atoms with Crippen LogP contribution in [0.1, 0.15) is 12.7 Å². The third kappa shape index (κ3) is 3.96. The molecular formula is C9H15N3O. The maximum Gasteiger partial charge on any atom is 0.142 e. The fourth-order valence-corrected chi connectivity index (χ4v) is 1.17. The summed E-state index contributed by atoms with van der Waals surface area (Å²) in [6.45, 7) is 3.08. The molecule has 0 fully saturated rings. The van der Waals surface area contributed by atoms with Gasteiger partial charge in [-0.2, -0.15) is 0 Å². The van der Waals surface area contributed by atoms with Crippen LogP contribution in [-0.2, 0) is 6.54 Å². The fourth-order valence-electron chi connectivity index (χ4n) is 1.17. The maximum absolute atomic E-state index is 9.12. The van der Waals surface area contributed by atoms with Crippen molar-refractivity contribution in [1.29, 1.82) is 0 Å². The van der Waals surface area contributed by atoms with Crippen molar-refractivity contribution in [2.24, 2.45) is 0 Å². The smallest absolute Gasteiger partial charge is 0.142 e. The Hall–Kier alpha value is -1.00. The monoisotopic (exact) mass is 181 g/mol. The summed E-state index contributed by atoms with van der Waals surface area (Å²) in [7, 11) is 1.93. The van der Waals surface area contributed by atoms with Crippen LogP contribution in [0.5, 0.6) is 0 Å². The van der Waals surface area contributed by atoms with E-state index in [-0.39, 0.29) is 6.10 Å². The number of likely N-dealkylation sites (N-methyl/N-ethyl adjacent to an activating group) is 1. The minimum Gasteiger partial charge on any atom is -0.392 e. The van der Waals surface area contributed by atoms with Gasteiger partial charge in [0.25, 0.3) is 0 Å². The van der Waals surface area contributed by atoms with Crippen molar-refractivity contribution in [2.45, 2.75) is 19.6 Å². The van der Waals surface area contributed by atoms with E-state index in [0.29, 0.717) is 13.1 Å². The number of hydrogen-bond acceptors (Lipinski definition) is 4. The Kier molecular flexibility index (Phi) is 3.79. The molecule has 72 valence electrons. The predicted molar refractivity (Wildman–Crippen MR) is 50.0 cm³/mol. The van der Waals surface area contributed by atoms with Crippen molar-refractivity contribution >= 4 is 0 Å². The molecule has 0 bridgehead atoms. The first-order valence-electron chi connectivity index (χ1n) is 4.31. The van der Waals surface area contributed by atoms with Gasteiger partial charge in [-0.15, -0.1) is 0 Å². The average Bonchev–Trinajstić information content (AvgIpc) is 2.04. The van der Waals surface area contributed by atoms with Gasteiger partial charge in [0.2, 0.25) is 0 Å². The lowest BCUT2D eigenvalue weighted by Crippen LogP contribution is -2.27. The molecule has 0 amide bonds. The van der Waals surface area contributed by atoms with Crippen molar-refractivity contribution in [3.8, 4) is 0 Å². The third-order valence-corrected chi connectivity index (χ3v) is 1.61. The minimum atomic E-state index is -0.311. The van der Waals surface area contributed by atoms with Crippen LogP contribution in [0.2, 0.25) is 0 Å². The van der Waals surface area contributed by atoms with Gasteiger partial charge in [-0.25, -0.2) is 9.97 Å². The Morgan fingerprint density at radius 3 is 2.62 bits per heavy atom. The van der Waals surface area contributed by atoms with Crippen LogP contribution in [-0.4, -0.2) is 39.7 Å². The summed E-state index contributed by atoms with van der Waals surface area (Å²) < 4.78 is 0. The molecule has 1 aromatic rings. The maximum atomic E-state index is 9.12. The summed E-state index contributed by atoms with van der Waals surface area (Å²) in [5.41, 5.74) is 0. The summed E-state index contributed by atoms with van der Waals surface area (Å²) in [5, 5.41) is 9.12. The highest BCUT2D eigenvalue weighted by Crippen LogP contribution is 1.95. The standard InChI is InChI=1S/C9H15N3O/c1-8(13)6-12(2)7-9-10-4-3-5-11-9/h3-5,8,13H,6-7H2,1-2H3. The zero-order valence-electron chi connectivity index (χ0n) is 8.01. The molecule has 1 N–H and O–H groups in total. The van der Waals surface area contributed by atoms with Crippen molar-refractivity contribution in [2.75, 3.05) is 13.6 Å². The quantitative estimate of drug-likeness (QED) is 0.725. The highest BCUT2D eigenvalue weighted by molar-refractivity contribution is 4.88. The summed E-state index contributed by atoms with van der Waals surface area (Å²) in [4.78, 5) is 10.2. The molecule has 1 rings (SSSR count). The Balaban J connectivity index is 2.41. The number of hydrogen-bond donors (Lipinski definition) is 1. The Bertz CT molecular complexity index is 238. The second-order valence-electron chi connectivity index (χ2n) is 3.21. The summed E-state index contributed by atoms with van der Waals surface area (Å²) in [6, 6.07) is 1.79. The van der Waals surface area contributed by atoms with Crippen molar-refractivity contribution in [1.82, 2.24) is 14.9 Å². The van der Waals surface area contributed by atoms with E-state index in [4.69, 9.17) is 5.11 Å². The number of aliphatic hydroxyl groups is 1. The lowest BCUT2D eigenvalue weighted by Gasteiger charge is -2.16. The van der Waals surface area contributed by atoms with Gasteiger partial charge in [0.1, 0.15) is 5.82 Å². The first kappa shape index (κ1) is 10.1. The van der Waals surface area contributed by atoms with E-state index in [1.807, 2.05) is 11.9 Å². The van der Waals surface area contributed by atoms with E-state index in [0.717, 1.165) is 5.82 Å². The van der Waals surface area contributed by atoms with Gasteiger partial charge in [0, 0.05) is 18.9 Å². The second kappa shape index (κ2) is 4.89. The molecule has 1 heterocycles. The molecule has 0 aliphatic rings. The molecule has 1 atom stereocenters. The SMILES string of the molecule is CC(O)CN(C)Cc1ncccn1. The van der Waals surface area contributed by atoms with E-state index >= 15 is 0 Å². The predicted octanol–water partition coefficient (Wildman–Crippen LogP) is 0.289. The van der Waals surface area contributed by atoms with Crippen molar-refractivity contribution < 1.29 is 5.11 Å². The number of aromatic nitrogens is 2. The second-order valence-corrected chi connectivity index (χ2v) is 3.21. The molecule has 0 saturated heterocycles. The number of nitrogens with zero attached hydrogens (tertiary/aromatic N) is 3. The lowest BCUT2D eigenvalue weighted by atomic mass is 10.3. The number of rotatable bonds is 4. The Morgan fingerprint density at radius 1 is 1.46 bits per heavy atom. The first-order chi connectivity index (χ1) is 6.18. The van der Waals surface area contributed by atoms with Gasteiger partial charge in [-0.1, -0.05) is 0 Å². The Morgan fingerprint density at radius 2 is 2.08 bits per heavy atom. The van der Waals surface area contributed by atoms with Gasteiger partial charge in [-0.3, -0.25) is 4.90 Å². The van der Waals surface area contributed by atoms with Crippen molar-refractivity contribution in [3.05, 3.63) is 24.3 Å². The molecule has 0 aromatic carbocycles. The van der Waals surface area contributed by atoms with E-state index in [1.165, 1.54) is 0 Å². The molecule has 4 nitrogen and oxygen atoms in total. The summed E-state index contributed by atoms with van der Waals surface area (Å²) in [5.74, 6) is 0.783. The van der Waals surface area contributed by atoms with Crippen LogP contribution >= 0.6 is 0 Å². The highest BCUT2D eigenvalue weighted by Gasteiger charge is 2.04. The molecule has 0 aliphatic heterocycles. The normalized spacial score (nSPS) is 13.2. The molecule has 1 unspecified atom stereocenters. The van der Waals surface area contributed by atoms with Gasteiger partial charge in [0.15, 0.2) is 0 Å². The van der Waals surface area contributed by atoms with E-state index in [2.05, 4.69) is 9.97 Å². The van der Waals surface area contributed by atoms with Crippen molar-refractivity contribution in [3.63, 3.8) is 0 Å². The van der Waals surface area contributed by atoms with E-state index in [1.54, 1.807) is 25.4 Å².